The molecule has 0 unspecified atom stereocenters. The van der Waals surface area contributed by atoms with Crippen LogP contribution in [0.2, 0.25) is 33.2 Å². The van der Waals surface area contributed by atoms with Crippen LogP contribution in [0.25, 0.3) is 0 Å². The van der Waals surface area contributed by atoms with Crippen molar-refractivity contribution in [2.45, 2.75) is 195 Å². The van der Waals surface area contributed by atoms with Crippen LogP contribution >= 0.6 is 0 Å². The Morgan fingerprint density at radius 3 is 0.699 bits per heavy atom. The van der Waals surface area contributed by atoms with Crippen LogP contribution in [0, 0.1) is 70.3 Å². The van der Waals surface area contributed by atoms with Gasteiger partial charge in [-0.05, 0) is 156 Å². The highest BCUT2D eigenvalue weighted by Gasteiger charge is 2.42. The average Bonchev–Trinajstić information content (AvgIpc) is 3.35. The second kappa shape index (κ2) is 29.6. The maximum absolute atomic E-state index is 6.27. The third kappa shape index (κ3) is 17.0. The van der Waals surface area contributed by atoms with Crippen LogP contribution in [0.4, 0.5) is 0 Å². The Hall–Kier alpha value is -6.05. The Labute approximate surface area is 448 Å². The Morgan fingerprint density at radius 1 is 0.315 bits per heavy atom. The van der Waals surface area contributed by atoms with E-state index in [1.165, 1.54) is 0 Å². The number of hydrogen-bond acceptors (Lipinski definition) is 1. The largest absolute Gasteiger partial charge is 0.457 e. The van der Waals surface area contributed by atoms with Crippen molar-refractivity contribution < 1.29 is 4.74 Å². The fraction of sp³-hybridized carbons (Fsp3) is 0.429. The molecule has 73 heavy (non-hydrogen) atoms. The van der Waals surface area contributed by atoms with Gasteiger partial charge in [-0.1, -0.05) is 196 Å². The van der Waals surface area contributed by atoms with Crippen molar-refractivity contribution in [2.24, 2.45) is 0 Å². The van der Waals surface area contributed by atoms with Crippen molar-refractivity contribution in [2.75, 3.05) is 0 Å². The number of allylic oxidation sites excluding steroid dienone is 4. The van der Waals surface area contributed by atoms with E-state index in [2.05, 4.69) is 230 Å². The van der Waals surface area contributed by atoms with Gasteiger partial charge in [-0.2, -0.15) is 0 Å². The second-order valence-corrected chi connectivity index (χ2v) is 32.7. The van der Waals surface area contributed by atoms with Gasteiger partial charge in [0, 0.05) is 55.7 Å². The van der Waals surface area contributed by atoms with Gasteiger partial charge in [0.25, 0.3) is 0 Å². The molecule has 0 heterocycles. The standard InChI is InChI=1S/C70H86OSi2/c1-17-21-65(41-33-59-25-29-63(30-26-59)49-51-72(53(5)6,54(7)8)55(9)10)67(23-19-3)43-35-61-37-45-69(46-38-61)71-70-47-39-62(40-48-70)36-44-68(24-20-4)66(22-18-2)42-34-60-27-31-64(32-28-60)50-52-73(56(11)12,57(13)14)58(15)16/h25-32,37-40,45-48,53-58H,17-24H2,1-16H3/b67-65+,68-66+. The molecule has 0 aliphatic rings. The van der Waals surface area contributed by atoms with E-state index < -0.39 is 16.1 Å². The lowest BCUT2D eigenvalue weighted by Gasteiger charge is -2.38. The van der Waals surface area contributed by atoms with Crippen LogP contribution in [0.1, 0.15) is 196 Å². The van der Waals surface area contributed by atoms with Crippen molar-refractivity contribution >= 4 is 16.1 Å². The van der Waals surface area contributed by atoms with Crippen LogP contribution in [0.5, 0.6) is 11.5 Å². The molecule has 0 bridgehead atoms. The van der Waals surface area contributed by atoms with Gasteiger partial charge in [0.1, 0.15) is 27.6 Å². The maximum Gasteiger partial charge on any atom is 0.146 e. The molecule has 4 aromatic rings. The molecule has 1 nitrogen and oxygen atoms in total. The number of ether oxygens (including phenoxy) is 1. The predicted octanol–water partition coefficient (Wildman–Crippen LogP) is 19.2. The first-order chi connectivity index (χ1) is 34.9. The van der Waals surface area contributed by atoms with E-state index in [0.29, 0.717) is 33.2 Å². The van der Waals surface area contributed by atoms with Gasteiger partial charge in [0.15, 0.2) is 0 Å². The lowest BCUT2D eigenvalue weighted by molar-refractivity contribution is 0.482. The van der Waals surface area contributed by atoms with Crippen molar-refractivity contribution in [3.8, 4) is 81.8 Å². The molecule has 4 aromatic carbocycles. The summed E-state index contributed by atoms with van der Waals surface area (Å²) >= 11 is 0. The molecule has 0 aliphatic carbocycles. The fourth-order valence-corrected chi connectivity index (χ4v) is 21.0. The lowest BCUT2D eigenvalue weighted by Crippen LogP contribution is -2.43. The Kier molecular flexibility index (Phi) is 24.1. The van der Waals surface area contributed by atoms with E-state index in [-0.39, 0.29) is 0 Å². The molecule has 0 N–H and O–H groups in total. The van der Waals surface area contributed by atoms with E-state index in [1.54, 1.807) is 0 Å². The van der Waals surface area contributed by atoms with Crippen molar-refractivity contribution in [1.29, 1.82) is 0 Å². The first-order valence-electron chi connectivity index (χ1n) is 27.6. The fourth-order valence-electron chi connectivity index (χ4n) is 10.6. The van der Waals surface area contributed by atoms with Gasteiger partial charge in [-0.25, -0.2) is 0 Å². The molecular formula is C70H86OSi2. The molecule has 0 fully saturated rings. The number of hydrogen-bond donors (Lipinski definition) is 0. The summed E-state index contributed by atoms with van der Waals surface area (Å²) in [6.45, 7) is 37.1. The van der Waals surface area contributed by atoms with Gasteiger partial charge in [-0.15, -0.1) is 11.1 Å². The summed E-state index contributed by atoms with van der Waals surface area (Å²) in [4.78, 5) is 0. The number of rotatable bonds is 16. The first-order valence-corrected chi connectivity index (χ1v) is 32.1. The Bertz CT molecular complexity index is 2620. The summed E-state index contributed by atoms with van der Waals surface area (Å²) < 4.78 is 6.27. The summed E-state index contributed by atoms with van der Waals surface area (Å²) in [5.74, 6) is 36.5. The molecular weight excluding hydrogens is 913 g/mol. The van der Waals surface area contributed by atoms with Crippen LogP contribution in [-0.4, -0.2) is 16.1 Å². The Morgan fingerprint density at radius 2 is 0.507 bits per heavy atom. The Balaban J connectivity index is 1.48. The zero-order chi connectivity index (χ0) is 53.6. The van der Waals surface area contributed by atoms with E-state index >= 15 is 0 Å². The van der Waals surface area contributed by atoms with Crippen LogP contribution in [0.3, 0.4) is 0 Å². The van der Waals surface area contributed by atoms with Crippen LogP contribution in [-0.2, 0) is 0 Å². The summed E-state index contributed by atoms with van der Waals surface area (Å²) in [6, 6.07) is 33.0. The SMILES string of the molecule is CCC/C(C#Cc1ccc(C#C[Si](C(C)C)(C(C)C)C(C)C)cc1)=C(\C#Cc1ccc(Oc2ccc(C#C/C(CCC)=C(/C#Cc3ccc(C#C[Si](C(C)C)(C(C)C)C(C)C)cc3)CCC)cc2)cc1)CCC. The zero-order valence-corrected chi connectivity index (χ0v) is 49.8. The van der Waals surface area contributed by atoms with Gasteiger partial charge >= 0.3 is 0 Å². The summed E-state index contributed by atoms with van der Waals surface area (Å²) in [6.07, 6.45) is 7.63. The molecule has 0 atom stereocenters. The van der Waals surface area contributed by atoms with Crippen molar-refractivity contribution in [3.05, 3.63) is 153 Å². The molecule has 0 radical (unpaired) electrons. The third-order valence-electron chi connectivity index (χ3n) is 14.5. The van der Waals surface area contributed by atoms with Gasteiger partial charge < -0.3 is 4.74 Å². The molecule has 0 amide bonds. The minimum Gasteiger partial charge on any atom is -0.457 e. The molecule has 0 spiro atoms. The molecule has 380 valence electrons. The molecule has 4 rings (SSSR count). The molecule has 0 aromatic heterocycles. The monoisotopic (exact) mass is 999 g/mol. The second-order valence-electron chi connectivity index (χ2n) is 21.5. The minimum absolute atomic E-state index is 0.610. The highest BCUT2D eigenvalue weighted by atomic mass is 28.3. The van der Waals surface area contributed by atoms with Gasteiger partial charge in [0.05, 0.1) is 0 Å². The maximum atomic E-state index is 6.27. The summed E-state index contributed by atoms with van der Waals surface area (Å²) in [5.41, 5.74) is 21.9. The predicted molar refractivity (Wildman–Crippen MR) is 323 cm³/mol. The normalized spacial score (nSPS) is 12.0. The van der Waals surface area contributed by atoms with Gasteiger partial charge in [-0.3, -0.25) is 0 Å². The first kappa shape index (κ1) is 59.5. The van der Waals surface area contributed by atoms with Crippen molar-refractivity contribution in [1.82, 2.24) is 0 Å². The summed E-state index contributed by atoms with van der Waals surface area (Å²) in [5, 5.41) is 0. The molecule has 0 saturated carbocycles. The quantitative estimate of drug-likeness (QED) is 0.0803. The zero-order valence-electron chi connectivity index (χ0n) is 47.8. The molecule has 3 heteroatoms. The smallest absolute Gasteiger partial charge is 0.146 e. The highest BCUT2D eigenvalue weighted by Crippen LogP contribution is 2.42. The van der Waals surface area contributed by atoms with Crippen LogP contribution in [0.15, 0.2) is 119 Å². The lowest BCUT2D eigenvalue weighted by atomic mass is 9.99. The minimum atomic E-state index is -1.79. The summed E-state index contributed by atoms with van der Waals surface area (Å²) in [7, 11) is -3.58. The van der Waals surface area contributed by atoms with Gasteiger partial charge in [0.2, 0.25) is 0 Å². The highest BCUT2D eigenvalue weighted by molar-refractivity contribution is 6.91. The van der Waals surface area contributed by atoms with E-state index in [9.17, 15) is 0 Å². The molecule has 0 saturated heterocycles. The van der Waals surface area contributed by atoms with E-state index in [0.717, 1.165) is 119 Å². The van der Waals surface area contributed by atoms with E-state index in [1.807, 2.05) is 48.5 Å². The average molecular weight is 1000 g/mol. The third-order valence-corrected chi connectivity index (χ3v) is 27.0. The number of benzene rings is 4. The molecule has 0 aliphatic heterocycles. The van der Waals surface area contributed by atoms with Crippen molar-refractivity contribution in [3.63, 3.8) is 0 Å². The van der Waals surface area contributed by atoms with Crippen LogP contribution < -0.4 is 4.74 Å². The van der Waals surface area contributed by atoms with E-state index in [4.69, 9.17) is 4.74 Å². The topological polar surface area (TPSA) is 9.23 Å².